The summed E-state index contributed by atoms with van der Waals surface area (Å²) in [6, 6.07) is 13.9. The van der Waals surface area contributed by atoms with Gasteiger partial charge in [-0.3, -0.25) is 4.79 Å². The van der Waals surface area contributed by atoms with E-state index in [1.165, 1.54) is 0 Å². The molecule has 1 aromatic heterocycles. The van der Waals surface area contributed by atoms with Gasteiger partial charge in [-0.2, -0.15) is 5.10 Å². The Labute approximate surface area is 160 Å². The summed E-state index contributed by atoms with van der Waals surface area (Å²) in [6.07, 6.45) is 0. The lowest BCUT2D eigenvalue weighted by atomic mass is 9.97. The average Bonchev–Trinajstić information content (AvgIpc) is 3.00. The normalized spacial score (nSPS) is 12.8. The number of fused-ring (bicyclic) bond motifs is 1. The van der Waals surface area contributed by atoms with E-state index >= 15 is 0 Å². The molecule has 0 saturated carbocycles. The summed E-state index contributed by atoms with van der Waals surface area (Å²) in [4.78, 5) is 12.9. The van der Waals surface area contributed by atoms with Gasteiger partial charge in [0.2, 0.25) is 5.91 Å². The van der Waals surface area contributed by atoms with Crippen LogP contribution in [0.15, 0.2) is 42.5 Å². The molecular weight excluding hydrogens is 338 g/mol. The predicted octanol–water partition coefficient (Wildman–Crippen LogP) is 4.85. The Morgan fingerprint density at radius 1 is 1.11 bits per heavy atom. The van der Waals surface area contributed by atoms with E-state index < -0.39 is 0 Å². The van der Waals surface area contributed by atoms with Crippen LogP contribution < -0.4 is 10.1 Å². The SMILES string of the molecule is COc1ccc2cc([C@H](C)C(=O)Nc3cc(C)nn3C(C)(C)C)ccc2c1. The zero-order chi connectivity index (χ0) is 19.8. The molecule has 0 spiro atoms. The molecule has 27 heavy (non-hydrogen) atoms. The third kappa shape index (κ3) is 3.97. The molecule has 0 saturated heterocycles. The van der Waals surface area contributed by atoms with E-state index in [1.807, 2.05) is 54.9 Å². The third-order valence-corrected chi connectivity index (χ3v) is 4.68. The quantitative estimate of drug-likeness (QED) is 0.719. The number of anilines is 1. The van der Waals surface area contributed by atoms with Crippen molar-refractivity contribution < 1.29 is 9.53 Å². The van der Waals surface area contributed by atoms with Crippen LogP contribution in [0.25, 0.3) is 10.8 Å². The van der Waals surface area contributed by atoms with Crippen molar-refractivity contribution in [3.63, 3.8) is 0 Å². The highest BCUT2D eigenvalue weighted by atomic mass is 16.5. The molecule has 1 atom stereocenters. The number of hydrogen-bond acceptors (Lipinski definition) is 3. The Morgan fingerprint density at radius 2 is 1.78 bits per heavy atom. The van der Waals surface area contributed by atoms with Crippen LogP contribution in [-0.4, -0.2) is 22.8 Å². The minimum atomic E-state index is -0.278. The number of nitrogens with zero attached hydrogens (tertiary/aromatic N) is 2. The number of amides is 1. The number of rotatable bonds is 4. The van der Waals surface area contributed by atoms with Gasteiger partial charge in [-0.25, -0.2) is 4.68 Å². The first-order valence-electron chi connectivity index (χ1n) is 9.15. The molecule has 142 valence electrons. The molecule has 3 aromatic rings. The molecule has 0 aliphatic rings. The van der Waals surface area contributed by atoms with Gasteiger partial charge in [-0.15, -0.1) is 0 Å². The highest BCUT2D eigenvalue weighted by Crippen LogP contribution is 2.27. The summed E-state index contributed by atoms with van der Waals surface area (Å²) < 4.78 is 7.13. The fourth-order valence-corrected chi connectivity index (χ4v) is 3.12. The van der Waals surface area contributed by atoms with Gasteiger partial charge >= 0.3 is 0 Å². The molecule has 5 heteroatoms. The number of carbonyl (C=O) groups excluding carboxylic acids is 1. The predicted molar refractivity (Wildman–Crippen MR) is 110 cm³/mol. The van der Waals surface area contributed by atoms with E-state index in [2.05, 4.69) is 37.3 Å². The summed E-state index contributed by atoms with van der Waals surface area (Å²) in [5, 5.41) is 9.73. The second-order valence-corrected chi connectivity index (χ2v) is 7.94. The van der Waals surface area contributed by atoms with E-state index in [0.717, 1.165) is 33.6 Å². The largest absolute Gasteiger partial charge is 0.497 e. The van der Waals surface area contributed by atoms with Crippen molar-refractivity contribution in [2.24, 2.45) is 0 Å². The first-order chi connectivity index (χ1) is 12.7. The lowest BCUT2D eigenvalue weighted by molar-refractivity contribution is -0.117. The highest BCUT2D eigenvalue weighted by Gasteiger charge is 2.22. The van der Waals surface area contributed by atoms with E-state index in [-0.39, 0.29) is 17.4 Å². The molecule has 0 fully saturated rings. The minimum absolute atomic E-state index is 0.0479. The van der Waals surface area contributed by atoms with Gasteiger partial charge in [0.15, 0.2) is 0 Å². The van der Waals surface area contributed by atoms with E-state index in [4.69, 9.17) is 4.74 Å². The maximum atomic E-state index is 12.9. The Morgan fingerprint density at radius 3 is 2.44 bits per heavy atom. The van der Waals surface area contributed by atoms with Crippen molar-refractivity contribution >= 4 is 22.5 Å². The lowest BCUT2D eigenvalue weighted by Gasteiger charge is -2.23. The van der Waals surface area contributed by atoms with Gasteiger partial charge in [-0.1, -0.05) is 24.3 Å². The van der Waals surface area contributed by atoms with Gasteiger partial charge in [0.1, 0.15) is 11.6 Å². The third-order valence-electron chi connectivity index (χ3n) is 4.68. The van der Waals surface area contributed by atoms with E-state index in [0.29, 0.717) is 0 Å². The van der Waals surface area contributed by atoms with Crippen LogP contribution in [-0.2, 0) is 10.3 Å². The second-order valence-electron chi connectivity index (χ2n) is 7.94. The number of benzene rings is 2. The van der Waals surface area contributed by atoms with Gasteiger partial charge < -0.3 is 10.1 Å². The highest BCUT2D eigenvalue weighted by molar-refractivity contribution is 5.96. The second kappa shape index (κ2) is 7.06. The minimum Gasteiger partial charge on any atom is -0.497 e. The molecular formula is C22H27N3O2. The maximum Gasteiger partial charge on any atom is 0.232 e. The monoisotopic (exact) mass is 365 g/mol. The van der Waals surface area contributed by atoms with Gasteiger partial charge in [0.25, 0.3) is 0 Å². The zero-order valence-corrected chi connectivity index (χ0v) is 16.8. The fourth-order valence-electron chi connectivity index (χ4n) is 3.12. The number of ether oxygens (including phenoxy) is 1. The van der Waals surface area contributed by atoms with Crippen LogP contribution in [0.1, 0.15) is 44.9 Å². The fraction of sp³-hybridized carbons (Fsp3) is 0.364. The first-order valence-corrected chi connectivity index (χ1v) is 9.15. The van der Waals surface area contributed by atoms with Gasteiger partial charge in [-0.05, 0) is 63.1 Å². The molecule has 1 heterocycles. The molecule has 3 rings (SSSR count). The number of aryl methyl sites for hydroxylation is 1. The number of nitrogens with one attached hydrogen (secondary N) is 1. The average molecular weight is 365 g/mol. The Hall–Kier alpha value is -2.82. The molecule has 0 radical (unpaired) electrons. The topological polar surface area (TPSA) is 56.1 Å². The van der Waals surface area contributed by atoms with Gasteiger partial charge in [0.05, 0.1) is 24.3 Å². The maximum absolute atomic E-state index is 12.9. The van der Waals surface area contributed by atoms with Gasteiger partial charge in [0, 0.05) is 6.07 Å². The Balaban J connectivity index is 1.85. The molecule has 1 N–H and O–H groups in total. The van der Waals surface area contributed by atoms with Crippen molar-refractivity contribution in [3.8, 4) is 5.75 Å². The number of hydrogen-bond donors (Lipinski definition) is 1. The molecule has 0 aliphatic carbocycles. The van der Waals surface area contributed by atoms with Crippen LogP contribution >= 0.6 is 0 Å². The van der Waals surface area contributed by atoms with Crippen molar-refractivity contribution in [2.45, 2.75) is 46.1 Å². The van der Waals surface area contributed by atoms with Crippen molar-refractivity contribution in [1.29, 1.82) is 0 Å². The number of carbonyl (C=O) groups is 1. The number of aromatic nitrogens is 2. The Bertz CT molecular complexity index is 983. The standard InChI is InChI=1S/C22H27N3O2/c1-14-11-20(25(24-14)22(3,4)5)23-21(26)15(2)16-7-8-18-13-19(27-6)10-9-17(18)12-16/h7-13,15H,1-6H3,(H,23,26)/t15-/m0/s1. The van der Waals surface area contributed by atoms with Crippen molar-refractivity contribution in [2.75, 3.05) is 12.4 Å². The van der Waals surface area contributed by atoms with Crippen LogP contribution in [0.5, 0.6) is 5.75 Å². The number of methoxy groups -OCH3 is 1. The zero-order valence-electron chi connectivity index (χ0n) is 16.8. The molecule has 2 aromatic carbocycles. The molecule has 1 amide bonds. The van der Waals surface area contributed by atoms with Crippen LogP contribution in [0.3, 0.4) is 0 Å². The molecule has 0 aliphatic heterocycles. The van der Waals surface area contributed by atoms with E-state index in [9.17, 15) is 4.79 Å². The van der Waals surface area contributed by atoms with Crippen molar-refractivity contribution in [1.82, 2.24) is 9.78 Å². The molecule has 5 nitrogen and oxygen atoms in total. The summed E-state index contributed by atoms with van der Waals surface area (Å²) in [5.74, 6) is 1.22. The van der Waals surface area contributed by atoms with Crippen LogP contribution in [0.4, 0.5) is 5.82 Å². The van der Waals surface area contributed by atoms with Crippen LogP contribution in [0, 0.1) is 6.92 Å². The lowest BCUT2D eigenvalue weighted by Crippen LogP contribution is -2.28. The summed E-state index contributed by atoms with van der Waals surface area (Å²) in [7, 11) is 1.66. The van der Waals surface area contributed by atoms with E-state index in [1.54, 1.807) is 7.11 Å². The summed E-state index contributed by atoms with van der Waals surface area (Å²) in [6.45, 7) is 10.0. The first kappa shape index (κ1) is 19.0. The van der Waals surface area contributed by atoms with Crippen LogP contribution in [0.2, 0.25) is 0 Å². The Kier molecular flexibility index (Phi) is 4.96. The molecule has 0 unspecified atom stereocenters. The van der Waals surface area contributed by atoms with Crippen molar-refractivity contribution in [3.05, 3.63) is 53.7 Å². The smallest absolute Gasteiger partial charge is 0.232 e. The summed E-state index contributed by atoms with van der Waals surface area (Å²) >= 11 is 0. The molecule has 0 bridgehead atoms. The summed E-state index contributed by atoms with van der Waals surface area (Å²) in [5.41, 5.74) is 1.65.